The van der Waals surface area contributed by atoms with Gasteiger partial charge < -0.3 is 20.3 Å². The van der Waals surface area contributed by atoms with Crippen molar-refractivity contribution in [2.75, 3.05) is 75.2 Å². The third kappa shape index (κ3) is 6.92. The van der Waals surface area contributed by atoms with Crippen molar-refractivity contribution in [2.45, 2.75) is 24.0 Å². The molecule has 4 heterocycles. The highest BCUT2D eigenvalue weighted by atomic mass is 32.2. The summed E-state index contributed by atoms with van der Waals surface area (Å²) >= 11 is 3.79. The molecule has 2 fully saturated rings. The lowest BCUT2D eigenvalue weighted by molar-refractivity contribution is 0.0853. The first-order valence-electron chi connectivity index (χ1n) is 14.6. The highest BCUT2D eigenvalue weighted by Gasteiger charge is 2.26. The molecule has 3 aromatic rings. The van der Waals surface area contributed by atoms with E-state index in [9.17, 15) is 0 Å². The molecule has 1 atom stereocenters. The summed E-state index contributed by atoms with van der Waals surface area (Å²) in [6, 6.07) is 17.7. The van der Waals surface area contributed by atoms with Crippen LogP contribution in [-0.2, 0) is 4.74 Å². The number of hydrogen-bond acceptors (Lipinski definition) is 9. The molecule has 2 saturated heterocycles. The molecule has 3 aliphatic rings. The fourth-order valence-corrected chi connectivity index (χ4v) is 7.25. The van der Waals surface area contributed by atoms with E-state index in [2.05, 4.69) is 87.7 Å². The molecule has 216 valence electrons. The summed E-state index contributed by atoms with van der Waals surface area (Å²) < 4.78 is 7.94. The smallest absolute Gasteiger partial charge is 0.229 e. The first kappa shape index (κ1) is 28.6. The number of thioether (sulfide) groups is 1. The number of anilines is 3. The van der Waals surface area contributed by atoms with Crippen molar-refractivity contribution in [3.05, 3.63) is 77.0 Å². The van der Waals surface area contributed by atoms with E-state index in [1.165, 1.54) is 22.3 Å². The fourth-order valence-electron chi connectivity index (χ4n) is 5.86. The molecule has 41 heavy (non-hydrogen) atoms. The summed E-state index contributed by atoms with van der Waals surface area (Å²) in [6.45, 7) is 6.47. The van der Waals surface area contributed by atoms with Crippen LogP contribution in [0.5, 0.6) is 0 Å². The fraction of sp³-hybridized carbons (Fsp3) is 0.438. The number of ether oxygens (including phenoxy) is 1. The number of fused-ring (bicyclic) bond motifs is 1. The molecule has 1 aromatic heterocycles. The van der Waals surface area contributed by atoms with Gasteiger partial charge in [-0.15, -0.1) is 0 Å². The quantitative estimate of drug-likeness (QED) is 0.290. The van der Waals surface area contributed by atoms with Gasteiger partial charge in [-0.05, 0) is 72.5 Å². The van der Waals surface area contributed by atoms with Gasteiger partial charge in [-0.25, -0.2) is 4.98 Å². The lowest BCUT2D eigenvalue weighted by atomic mass is 9.85. The predicted octanol–water partition coefficient (Wildman–Crippen LogP) is 6.06. The van der Waals surface area contributed by atoms with Gasteiger partial charge in [-0.3, -0.25) is 4.31 Å². The number of aromatic nitrogens is 2. The van der Waals surface area contributed by atoms with Crippen molar-refractivity contribution in [1.29, 1.82) is 0 Å². The second-order valence-electron chi connectivity index (χ2n) is 10.9. The van der Waals surface area contributed by atoms with Crippen molar-refractivity contribution in [2.24, 2.45) is 0 Å². The summed E-state index contributed by atoms with van der Waals surface area (Å²) in [4.78, 5) is 12.2. The SMILES string of the molecule is CSN(C)CCN1CC(c2ccccc2C2CCOCC2)=Cc2cnc(Nc3ccc(C4CNCCS4)cc3)nc21. The minimum Gasteiger partial charge on any atom is -0.381 e. The van der Waals surface area contributed by atoms with E-state index in [4.69, 9.17) is 14.7 Å². The Bertz CT molecular complexity index is 1340. The van der Waals surface area contributed by atoms with Crippen LogP contribution in [0.15, 0.2) is 54.7 Å². The average molecular weight is 589 g/mol. The molecule has 7 nitrogen and oxygen atoms in total. The number of rotatable bonds is 9. The van der Waals surface area contributed by atoms with Crippen molar-refractivity contribution in [3.8, 4) is 0 Å². The van der Waals surface area contributed by atoms with Crippen molar-refractivity contribution in [1.82, 2.24) is 19.6 Å². The molecule has 0 aliphatic carbocycles. The summed E-state index contributed by atoms with van der Waals surface area (Å²) in [5.74, 6) is 3.33. The Morgan fingerprint density at radius 2 is 1.98 bits per heavy atom. The zero-order valence-corrected chi connectivity index (χ0v) is 25.6. The number of likely N-dealkylation sites (N-methyl/N-ethyl adjacent to an activating group) is 1. The second-order valence-corrected chi connectivity index (χ2v) is 13.2. The zero-order chi connectivity index (χ0) is 28.0. The molecular weight excluding hydrogens is 549 g/mol. The maximum Gasteiger partial charge on any atom is 0.229 e. The second kappa shape index (κ2) is 13.6. The van der Waals surface area contributed by atoms with Crippen LogP contribution in [0.2, 0.25) is 0 Å². The summed E-state index contributed by atoms with van der Waals surface area (Å²) in [6.07, 6.45) is 8.57. The van der Waals surface area contributed by atoms with Crippen molar-refractivity contribution >= 4 is 52.8 Å². The van der Waals surface area contributed by atoms with Crippen molar-refractivity contribution < 1.29 is 4.74 Å². The molecule has 2 N–H and O–H groups in total. The Labute approximate surface area is 252 Å². The number of nitrogens with zero attached hydrogens (tertiary/aromatic N) is 4. The predicted molar refractivity (Wildman–Crippen MR) is 175 cm³/mol. The van der Waals surface area contributed by atoms with Crippen LogP contribution in [-0.4, -0.2) is 79.3 Å². The molecule has 0 spiro atoms. The Kier molecular flexibility index (Phi) is 9.48. The van der Waals surface area contributed by atoms with Gasteiger partial charge >= 0.3 is 0 Å². The molecule has 9 heteroatoms. The number of hydrogen-bond donors (Lipinski definition) is 2. The van der Waals surface area contributed by atoms with E-state index in [1.807, 2.05) is 18.0 Å². The standard InChI is InChI=1S/C32H40N6OS2/c1-37(40-2)14-15-38-22-26(29-6-4-3-5-28(29)23-11-16-39-17-12-23)19-25-20-34-32(36-31(25)38)35-27-9-7-24(8-10-27)30-21-33-13-18-41-30/h3-10,19-20,23,30,33H,11-18,21-22H2,1-2H3,(H,34,35,36). The Balaban J connectivity index is 1.26. The van der Waals surface area contributed by atoms with Gasteiger partial charge in [0.25, 0.3) is 0 Å². The minimum absolute atomic E-state index is 0.517. The lowest BCUT2D eigenvalue weighted by Gasteiger charge is -2.33. The van der Waals surface area contributed by atoms with Crippen LogP contribution in [0.25, 0.3) is 11.6 Å². The topological polar surface area (TPSA) is 65.6 Å². The van der Waals surface area contributed by atoms with Gasteiger partial charge in [0.15, 0.2) is 0 Å². The lowest BCUT2D eigenvalue weighted by Crippen LogP contribution is -2.35. The number of benzene rings is 2. The van der Waals surface area contributed by atoms with E-state index in [-0.39, 0.29) is 0 Å². The maximum atomic E-state index is 5.67. The monoisotopic (exact) mass is 588 g/mol. The third-order valence-corrected chi connectivity index (χ3v) is 10.3. The summed E-state index contributed by atoms with van der Waals surface area (Å²) in [5, 5.41) is 7.47. The van der Waals surface area contributed by atoms with E-state index >= 15 is 0 Å². The summed E-state index contributed by atoms with van der Waals surface area (Å²) in [7, 11) is 2.14. The van der Waals surface area contributed by atoms with Crippen LogP contribution in [0.4, 0.5) is 17.5 Å². The summed E-state index contributed by atoms with van der Waals surface area (Å²) in [5.41, 5.74) is 7.57. The van der Waals surface area contributed by atoms with Gasteiger partial charge in [0.1, 0.15) is 5.82 Å². The molecule has 2 aromatic carbocycles. The largest absolute Gasteiger partial charge is 0.381 e. The third-order valence-electron chi connectivity index (χ3n) is 8.22. The van der Waals surface area contributed by atoms with E-state index < -0.39 is 0 Å². The number of nitrogens with one attached hydrogen (secondary N) is 2. The van der Waals surface area contributed by atoms with E-state index in [0.717, 1.165) is 81.6 Å². The van der Waals surface area contributed by atoms with Crippen molar-refractivity contribution in [3.63, 3.8) is 0 Å². The molecule has 0 bridgehead atoms. The van der Waals surface area contributed by atoms with Crippen LogP contribution < -0.4 is 15.5 Å². The first-order valence-corrected chi connectivity index (χ1v) is 16.8. The Morgan fingerprint density at radius 1 is 1.15 bits per heavy atom. The molecule has 0 radical (unpaired) electrons. The van der Waals surface area contributed by atoms with Crippen LogP contribution in [0, 0.1) is 0 Å². The van der Waals surface area contributed by atoms with Gasteiger partial charge in [-0.1, -0.05) is 48.3 Å². The van der Waals surface area contributed by atoms with Gasteiger partial charge in [0.05, 0.1) is 0 Å². The highest BCUT2D eigenvalue weighted by molar-refractivity contribution is 7.99. The molecule has 0 saturated carbocycles. The first-order chi connectivity index (χ1) is 20.2. The minimum atomic E-state index is 0.517. The molecule has 6 rings (SSSR count). The van der Waals surface area contributed by atoms with Gasteiger partial charge in [-0.2, -0.15) is 16.7 Å². The maximum absolute atomic E-state index is 5.67. The van der Waals surface area contributed by atoms with E-state index in [0.29, 0.717) is 17.1 Å². The average Bonchev–Trinajstić information content (AvgIpc) is 3.04. The van der Waals surface area contributed by atoms with Crippen LogP contribution >= 0.6 is 23.7 Å². The van der Waals surface area contributed by atoms with E-state index in [1.54, 1.807) is 11.9 Å². The zero-order valence-electron chi connectivity index (χ0n) is 24.0. The molecular formula is C32H40N6OS2. The Morgan fingerprint density at radius 3 is 2.76 bits per heavy atom. The normalized spacial score (nSPS) is 19.6. The highest BCUT2D eigenvalue weighted by Crippen LogP contribution is 2.38. The van der Waals surface area contributed by atoms with Gasteiger partial charge in [0.2, 0.25) is 5.95 Å². The van der Waals surface area contributed by atoms with Gasteiger partial charge in [0, 0.05) is 74.4 Å². The molecule has 1 unspecified atom stereocenters. The Hall–Kier alpha value is -2.56. The van der Waals surface area contributed by atoms with Crippen LogP contribution in [0.1, 0.15) is 46.3 Å². The van der Waals surface area contributed by atoms with Crippen LogP contribution in [0.3, 0.4) is 0 Å². The molecule has 3 aliphatic heterocycles. The molecule has 0 amide bonds.